The number of nitrogens with zero attached hydrogens (tertiary/aromatic N) is 3. The van der Waals surface area contributed by atoms with Gasteiger partial charge in [-0.1, -0.05) is 54.2 Å². The normalized spacial score (nSPS) is 16.9. The molecule has 2 N–H and O–H groups in total. The number of allylic oxidation sites excluding steroid dienone is 6. The van der Waals surface area contributed by atoms with E-state index in [-0.39, 0.29) is 24.4 Å². The number of hydrogen-bond acceptors (Lipinski definition) is 7. The van der Waals surface area contributed by atoms with Gasteiger partial charge in [0.2, 0.25) is 5.91 Å². The van der Waals surface area contributed by atoms with Crippen LogP contribution in [0.1, 0.15) is 68.0 Å². The summed E-state index contributed by atoms with van der Waals surface area (Å²) >= 11 is 0. The molecule has 1 amide bonds. The maximum atomic E-state index is 12.9. The zero-order valence-electron chi connectivity index (χ0n) is 36.0. The first-order chi connectivity index (χ1) is 26.7. The van der Waals surface area contributed by atoms with E-state index < -0.39 is 0 Å². The highest BCUT2D eigenvalue weighted by Crippen LogP contribution is 2.41. The van der Waals surface area contributed by atoms with Crippen LogP contribution in [-0.2, 0) is 20.7 Å². The number of benzene rings is 2. The Kier molecular flexibility index (Phi) is 18.1. The first-order valence-electron chi connectivity index (χ1n) is 19.8. The van der Waals surface area contributed by atoms with Crippen molar-refractivity contribution >= 4 is 34.4 Å². The number of methoxy groups -OCH3 is 1. The van der Waals surface area contributed by atoms with Crippen LogP contribution in [0.5, 0.6) is 5.75 Å². The van der Waals surface area contributed by atoms with Gasteiger partial charge < -0.3 is 29.4 Å². The van der Waals surface area contributed by atoms with Crippen molar-refractivity contribution in [1.82, 2.24) is 19.7 Å². The summed E-state index contributed by atoms with van der Waals surface area (Å²) in [5, 5.41) is 9.53. The lowest BCUT2D eigenvalue weighted by Crippen LogP contribution is -2.47. The monoisotopic (exact) mass is 767 g/mol. The number of carbonyl (C=O) groups excluding carboxylic acids is 2. The van der Waals surface area contributed by atoms with Crippen molar-refractivity contribution < 1.29 is 24.2 Å². The Morgan fingerprint density at radius 2 is 1.75 bits per heavy atom. The highest BCUT2D eigenvalue weighted by molar-refractivity contribution is 5.99. The number of aryl methyl sites for hydroxylation is 1. The number of aromatic amines is 1. The maximum Gasteiger partial charge on any atom is 0.330 e. The summed E-state index contributed by atoms with van der Waals surface area (Å²) in [7, 11) is 7.71. The van der Waals surface area contributed by atoms with Crippen molar-refractivity contribution in [3.05, 3.63) is 111 Å². The van der Waals surface area contributed by atoms with Gasteiger partial charge in [0.05, 0.1) is 26.2 Å². The van der Waals surface area contributed by atoms with Crippen LogP contribution in [0, 0.1) is 26.7 Å². The Hall–Kier alpha value is -4.70. The minimum Gasteiger partial charge on any atom is -0.496 e. The fourth-order valence-electron chi connectivity index (χ4n) is 7.15. The number of amides is 1. The first-order valence-corrected chi connectivity index (χ1v) is 19.8. The van der Waals surface area contributed by atoms with E-state index in [9.17, 15) is 9.59 Å². The summed E-state index contributed by atoms with van der Waals surface area (Å²) < 4.78 is 10.3. The molecule has 0 spiro atoms. The number of H-pyrrole nitrogens is 1. The number of aromatic nitrogens is 1. The zero-order valence-corrected chi connectivity index (χ0v) is 36.0. The Bertz CT molecular complexity index is 1940. The van der Waals surface area contributed by atoms with Gasteiger partial charge in [-0.25, -0.2) is 4.79 Å². The van der Waals surface area contributed by atoms with Crippen LogP contribution in [-0.4, -0.2) is 110 Å². The van der Waals surface area contributed by atoms with Crippen LogP contribution in [0.4, 0.5) is 0 Å². The van der Waals surface area contributed by atoms with Crippen LogP contribution in [0.2, 0.25) is 0 Å². The largest absolute Gasteiger partial charge is 0.496 e. The number of rotatable bonds is 12. The van der Waals surface area contributed by atoms with Gasteiger partial charge in [-0.2, -0.15) is 0 Å². The van der Waals surface area contributed by atoms with Crippen LogP contribution in [0.15, 0.2) is 78.1 Å². The molecule has 0 saturated carbocycles. The predicted molar refractivity (Wildman–Crippen MR) is 233 cm³/mol. The van der Waals surface area contributed by atoms with Crippen molar-refractivity contribution in [2.24, 2.45) is 5.92 Å². The van der Waals surface area contributed by atoms with Crippen molar-refractivity contribution in [3.63, 3.8) is 0 Å². The van der Waals surface area contributed by atoms with Crippen LogP contribution in [0.25, 0.3) is 22.6 Å². The Balaban J connectivity index is 0.000000263. The topological polar surface area (TPSA) is 98.3 Å². The molecule has 0 saturated heterocycles. The Morgan fingerprint density at radius 3 is 2.36 bits per heavy atom. The molecule has 1 aliphatic carbocycles. The number of aliphatic hydroxyl groups is 1. The SMILES string of the molecule is CCN(CC)C(=O)[C@@H]1C=C2c3cccc4[nH]cc(c34)C[C@H]2N(C)C1.CCOC(=O)/C=C(C)/C=C/C=C(C)/C=C/c1c(C)cc(OC)c(C)c1C.CN(C)CCO. The molecule has 2 aromatic carbocycles. The Morgan fingerprint density at radius 1 is 1.04 bits per heavy atom. The van der Waals surface area contributed by atoms with Gasteiger partial charge >= 0.3 is 5.97 Å². The van der Waals surface area contributed by atoms with Gasteiger partial charge in [-0.3, -0.25) is 9.69 Å². The van der Waals surface area contributed by atoms with Gasteiger partial charge in [-0.05, 0) is 140 Å². The summed E-state index contributed by atoms with van der Waals surface area (Å²) in [5.74, 6) is 0.828. The lowest BCUT2D eigenvalue weighted by molar-refractivity contribution is -0.137. The zero-order chi connectivity index (χ0) is 41.5. The molecule has 3 aromatic rings. The lowest BCUT2D eigenvalue weighted by Gasteiger charge is -2.40. The molecule has 9 nitrogen and oxygen atoms in total. The van der Waals surface area contributed by atoms with E-state index in [0.717, 1.165) is 49.5 Å². The summed E-state index contributed by atoms with van der Waals surface area (Å²) in [4.78, 5) is 33.9. The second kappa shape index (κ2) is 22.1. The molecule has 0 unspecified atom stereocenters. The summed E-state index contributed by atoms with van der Waals surface area (Å²) in [6, 6.07) is 8.89. The number of aliphatic hydroxyl groups excluding tert-OH is 1. The predicted octanol–water partition coefficient (Wildman–Crippen LogP) is 8.09. The standard InChI is InChI=1S/C23H30O3.C20H25N3O.C4H11NO/c1-8-26-23(24)14-17(3)11-9-10-16(2)12-13-21-18(4)15-22(25-7)20(6)19(21)5;1-4-23(5-2)20(24)14-9-16-15-7-6-8-17-19(15)13(11-21-17)10-18(16)22(3)12-14;1-5(2)3-4-6/h9-15H,8H2,1-7H3;6-9,11,14,18,21H,4-5,10,12H2,1-3H3;6H,3-4H2,1-2H3/b11-9+,13-12+,16-10+,17-14+;;/t;14-,18-;/m.1./s1. The average Bonchev–Trinajstić information content (AvgIpc) is 3.58. The molecule has 2 heterocycles. The number of fused-ring (bicyclic) bond motifs is 2. The smallest absolute Gasteiger partial charge is 0.330 e. The van der Waals surface area contributed by atoms with Crippen LogP contribution >= 0.6 is 0 Å². The molecule has 9 heteroatoms. The quantitative estimate of drug-likeness (QED) is 0.109. The number of likely N-dealkylation sites (N-methyl/N-ethyl adjacent to an activating group) is 2. The first kappa shape index (κ1) is 45.7. The van der Waals surface area contributed by atoms with Crippen LogP contribution < -0.4 is 4.74 Å². The summed E-state index contributed by atoms with van der Waals surface area (Å²) in [6.07, 6.45) is 17.0. The number of ether oxygens (including phenoxy) is 2. The van der Waals surface area contributed by atoms with Crippen molar-refractivity contribution in [2.45, 2.75) is 67.9 Å². The minimum atomic E-state index is -0.309. The fourth-order valence-corrected chi connectivity index (χ4v) is 7.15. The second-order valence-electron chi connectivity index (χ2n) is 14.8. The summed E-state index contributed by atoms with van der Waals surface area (Å²) in [5.41, 5.74) is 12.0. The highest BCUT2D eigenvalue weighted by Gasteiger charge is 2.36. The third kappa shape index (κ3) is 12.1. The highest BCUT2D eigenvalue weighted by atomic mass is 16.5. The molecule has 1 aliphatic heterocycles. The van der Waals surface area contributed by atoms with E-state index >= 15 is 0 Å². The van der Waals surface area contributed by atoms with Crippen LogP contribution in [0.3, 0.4) is 0 Å². The number of carbonyl (C=O) groups is 2. The maximum absolute atomic E-state index is 12.9. The van der Waals surface area contributed by atoms with E-state index in [4.69, 9.17) is 14.6 Å². The van der Waals surface area contributed by atoms with E-state index in [2.05, 4.69) is 100 Å². The molecule has 0 bridgehead atoms. The minimum absolute atomic E-state index is 0.0445. The molecule has 1 aromatic heterocycles. The molecule has 2 atom stereocenters. The Labute approximate surface area is 336 Å². The van der Waals surface area contributed by atoms with Gasteiger partial charge in [0.15, 0.2) is 0 Å². The molecule has 0 fully saturated rings. The van der Waals surface area contributed by atoms with Crippen molar-refractivity contribution in [3.8, 4) is 5.75 Å². The number of esters is 1. The van der Waals surface area contributed by atoms with E-state index in [0.29, 0.717) is 12.6 Å². The van der Waals surface area contributed by atoms with E-state index in [1.54, 1.807) is 14.0 Å². The molecule has 304 valence electrons. The van der Waals surface area contributed by atoms with Crippen molar-refractivity contribution in [1.29, 1.82) is 0 Å². The summed E-state index contributed by atoms with van der Waals surface area (Å²) in [6.45, 7) is 19.9. The molecule has 0 radical (unpaired) electrons. The van der Waals surface area contributed by atoms with Gasteiger partial charge in [-0.15, -0.1) is 0 Å². The molecular weight excluding hydrogens is 701 g/mol. The van der Waals surface area contributed by atoms with Gasteiger partial charge in [0.25, 0.3) is 0 Å². The average molecular weight is 767 g/mol. The molecule has 2 aliphatic rings. The third-order valence-electron chi connectivity index (χ3n) is 10.4. The van der Waals surface area contributed by atoms with Gasteiger partial charge in [0, 0.05) is 55.4 Å². The van der Waals surface area contributed by atoms with Crippen molar-refractivity contribution in [2.75, 3.05) is 67.6 Å². The van der Waals surface area contributed by atoms with Gasteiger partial charge in [0.1, 0.15) is 5.75 Å². The number of nitrogens with one attached hydrogen (secondary N) is 1. The third-order valence-corrected chi connectivity index (χ3v) is 10.4. The molecular formula is C47H66N4O5. The fraction of sp³-hybridized carbons (Fsp3) is 0.447. The molecule has 5 rings (SSSR count). The lowest BCUT2D eigenvalue weighted by atomic mass is 9.79. The van der Waals surface area contributed by atoms with E-state index in [1.165, 1.54) is 55.9 Å². The number of hydrogen-bond donors (Lipinski definition) is 2. The molecule has 56 heavy (non-hydrogen) atoms. The van der Waals surface area contributed by atoms with E-state index in [1.807, 2.05) is 56.0 Å². The second-order valence-corrected chi connectivity index (χ2v) is 14.8.